The zero-order chi connectivity index (χ0) is 76.7. The van der Waals surface area contributed by atoms with E-state index in [1.165, 1.54) is 0 Å². The summed E-state index contributed by atoms with van der Waals surface area (Å²) in [7, 11) is 0. The first-order valence-corrected chi connectivity index (χ1v) is 40.3. The minimum atomic E-state index is -1.72. The maximum Gasteiger partial charge on any atom is 3.00 e. The molecule has 0 fully saturated rings. The largest absolute Gasteiger partial charge is 3.00 e. The standard InChI is InChI=1S/3C24H14Br2Cl4O5.2Al/c3*1-3-7-5-9-21(13(25)19(7)31)34-22-10(6-8(4-2)20(32)14(22)26)24(9)12-11(23(33)35-24)15(27)17(29)18(30)16(12)28;;/h3*5-6,31-32H,3-4H2,1-2H3;;/q;;;2*+3/p-6. The minimum absolute atomic E-state index is 0. The molecule has 3 spiro atoms. The third kappa shape index (κ3) is 12.2. The molecule has 15 nitrogen and oxygen atoms in total. The van der Waals surface area contributed by atoms with E-state index in [9.17, 15) is 45.0 Å². The van der Waals surface area contributed by atoms with Crippen LogP contribution in [0, 0.1) is 0 Å². The van der Waals surface area contributed by atoms with Crippen molar-refractivity contribution in [2.45, 2.75) is 96.9 Å². The van der Waals surface area contributed by atoms with E-state index < -0.39 is 34.7 Å². The van der Waals surface area contributed by atoms with Crippen LogP contribution < -0.4 is 44.8 Å². The van der Waals surface area contributed by atoms with Crippen LogP contribution in [0.15, 0.2) is 63.2 Å². The molecule has 6 heterocycles. The maximum absolute atomic E-state index is 13.4. The zero-order valence-electron chi connectivity index (χ0n) is 54.8. The first-order valence-electron chi connectivity index (χ1n) is 31.0. The molecule has 9 aromatic rings. The third-order valence-corrected chi connectivity index (χ3v) is 28.6. The van der Waals surface area contributed by atoms with E-state index in [4.69, 9.17) is 168 Å². The van der Waals surface area contributed by atoms with Gasteiger partial charge in [0.15, 0.2) is 16.8 Å². The van der Waals surface area contributed by atoms with Crippen molar-refractivity contribution in [3.8, 4) is 69.0 Å². The average molecular weight is 2100 g/mol. The van der Waals surface area contributed by atoms with Crippen molar-refractivity contribution in [1.29, 1.82) is 0 Å². The number of benzene rings is 9. The molecule has 0 aliphatic carbocycles. The Labute approximate surface area is 741 Å². The molecule has 0 saturated heterocycles. The summed E-state index contributed by atoms with van der Waals surface area (Å²) in [5.41, 5.74) is -0.106. The molecule has 0 saturated carbocycles. The number of hydrogen-bond donors (Lipinski definition) is 0. The smallest absolute Gasteiger partial charge is 0.871 e. The monoisotopic (exact) mass is 2090 g/mol. The molecule has 546 valence electrons. The summed E-state index contributed by atoms with van der Waals surface area (Å²) >= 11 is 97.8. The summed E-state index contributed by atoms with van der Waals surface area (Å²) in [5, 5.41) is 76.9. The van der Waals surface area contributed by atoms with Gasteiger partial charge in [-0.25, -0.2) is 14.4 Å². The second-order valence-electron chi connectivity index (χ2n) is 24.0. The van der Waals surface area contributed by atoms with Crippen LogP contribution in [-0.4, -0.2) is 52.6 Å². The number of hydrogen-bond acceptors (Lipinski definition) is 15. The molecule has 107 heavy (non-hydrogen) atoms. The van der Waals surface area contributed by atoms with E-state index in [2.05, 4.69) is 95.6 Å². The van der Waals surface area contributed by atoms with Crippen LogP contribution >= 0.6 is 235 Å². The maximum atomic E-state index is 13.4. The van der Waals surface area contributed by atoms with Crippen molar-refractivity contribution < 1.29 is 73.4 Å². The topological polar surface area (TPSA) is 245 Å². The molecule has 0 N–H and O–H groups in total. The van der Waals surface area contributed by atoms with Gasteiger partial charge in [0.2, 0.25) is 0 Å². The van der Waals surface area contributed by atoms with E-state index in [1.54, 1.807) is 36.4 Å². The van der Waals surface area contributed by atoms with Crippen LogP contribution in [0.3, 0.4) is 0 Å². The van der Waals surface area contributed by atoms with Gasteiger partial charge in [-0.15, -0.1) is 0 Å². The number of aryl methyl sites for hydroxylation is 6. The number of carbonyl (C=O) groups excluding carboxylic acids is 3. The molecule has 35 heteroatoms. The van der Waals surface area contributed by atoms with E-state index in [1.807, 2.05) is 41.5 Å². The average Bonchev–Trinajstić information content (AvgIpc) is 1.60. The van der Waals surface area contributed by atoms with Gasteiger partial charge in [0.05, 0.1) is 104 Å². The van der Waals surface area contributed by atoms with Crippen LogP contribution in [0.25, 0.3) is 0 Å². The summed E-state index contributed by atoms with van der Waals surface area (Å²) in [6.07, 6.45) is 2.38. The Balaban J connectivity index is 0.000000158. The molecule has 0 bridgehead atoms. The number of halogens is 18. The fourth-order valence-electron chi connectivity index (χ4n) is 13.8. The second-order valence-corrected chi connectivity index (χ2v) is 33.3. The Morgan fingerprint density at radius 3 is 0.579 bits per heavy atom. The molecule has 15 rings (SSSR count). The number of esters is 3. The van der Waals surface area contributed by atoms with E-state index in [0.29, 0.717) is 105 Å². The SMILES string of the molecule is CCc1cc2c(c(Br)c1[O-])Oc1c(cc(CC)c([O-])c1Br)C21OC(=O)c2c(Cl)c(Cl)c(Cl)c(Cl)c21.CCc1cc2c(c(Br)c1[O-])Oc1c(cc(CC)c([O-])c1Br)C21OC(=O)c2c(Cl)c(Cl)c(Cl)c(Cl)c21.CCc1cc2c(c(Br)c1[O-])Oc1c(cc(CC)c([O-])c1Br)C21OC(=O)c2c(Cl)c(Cl)c(Cl)c(Cl)c21.[Al+3].[Al+3]. The number of carbonyl (C=O) groups is 3. The molecule has 0 atom stereocenters. The predicted molar refractivity (Wildman–Crippen MR) is 425 cm³/mol. The van der Waals surface area contributed by atoms with Gasteiger partial charge in [0, 0.05) is 50.1 Å². The van der Waals surface area contributed by atoms with Crippen molar-refractivity contribution in [3.63, 3.8) is 0 Å². The van der Waals surface area contributed by atoms with Gasteiger partial charge in [0.25, 0.3) is 0 Å². The van der Waals surface area contributed by atoms with Gasteiger partial charge in [-0.3, -0.25) is 0 Å². The minimum Gasteiger partial charge on any atom is -0.871 e. The van der Waals surface area contributed by atoms with Crippen molar-refractivity contribution >= 4 is 287 Å². The first kappa shape index (κ1) is 84.9. The molecule has 9 aromatic carbocycles. The summed E-state index contributed by atoms with van der Waals surface area (Å²) < 4.78 is 37.5. The fraction of sp³-hybridized carbons (Fsp3) is 0.208. The molecule has 0 aromatic heterocycles. The zero-order valence-corrected chi connectivity index (χ0v) is 75.7. The Kier molecular flexibility index (Phi) is 24.6. The predicted octanol–water partition coefficient (Wildman–Crippen LogP) is 22.2. The quantitative estimate of drug-likeness (QED) is 0.0494. The van der Waals surface area contributed by atoms with Gasteiger partial charge in [0.1, 0.15) is 34.5 Å². The summed E-state index contributed by atoms with van der Waals surface area (Å²) in [6, 6.07) is 9.70. The fourth-order valence-corrected chi connectivity index (χ4v) is 20.3. The molecular formula is C72H36Al2Br6Cl12O15. The molecule has 6 aliphatic heterocycles. The van der Waals surface area contributed by atoms with Crippen LogP contribution in [0.4, 0.5) is 0 Å². The van der Waals surface area contributed by atoms with Crippen molar-refractivity contribution in [2.75, 3.05) is 0 Å². The van der Waals surface area contributed by atoms with E-state index >= 15 is 0 Å². The Morgan fingerprint density at radius 1 is 0.280 bits per heavy atom. The molecule has 0 amide bonds. The third-order valence-electron chi connectivity index (χ3n) is 18.9. The summed E-state index contributed by atoms with van der Waals surface area (Å²) in [6.45, 7) is 10.9. The van der Waals surface area contributed by atoms with Crippen LogP contribution in [0.2, 0.25) is 60.3 Å². The second kappa shape index (κ2) is 31.0. The van der Waals surface area contributed by atoms with Crippen LogP contribution in [0.5, 0.6) is 69.0 Å². The summed E-state index contributed by atoms with van der Waals surface area (Å²) in [5.74, 6) is -3.62. The van der Waals surface area contributed by atoms with E-state index in [0.717, 1.165) is 0 Å². The van der Waals surface area contributed by atoms with Gasteiger partial charge in [-0.2, -0.15) is 0 Å². The Hall–Kier alpha value is -2.99. The van der Waals surface area contributed by atoms with Crippen LogP contribution in [-0.2, 0) is 69.5 Å². The van der Waals surface area contributed by atoms with Gasteiger partial charge in [-0.1, -0.05) is 249 Å². The first-order chi connectivity index (χ1) is 49.5. The number of ether oxygens (including phenoxy) is 6. The number of fused-ring (bicyclic) bond motifs is 18. The van der Waals surface area contributed by atoms with Crippen LogP contribution in [0.1, 0.15) is 156 Å². The van der Waals surface area contributed by atoms with Gasteiger partial charge >= 0.3 is 52.6 Å². The normalized spacial score (nSPS) is 14.6. The molecular weight excluding hydrogens is 2060 g/mol. The Morgan fingerprint density at radius 2 is 0.430 bits per heavy atom. The number of rotatable bonds is 6. The van der Waals surface area contributed by atoms with E-state index in [-0.39, 0.29) is 224 Å². The van der Waals surface area contributed by atoms with Gasteiger partial charge < -0.3 is 59.1 Å². The Bertz CT molecular complexity index is 4810. The molecule has 0 unspecified atom stereocenters. The molecule has 6 aliphatic rings. The van der Waals surface area contributed by atoms with Crippen molar-refractivity contribution in [2.24, 2.45) is 0 Å². The van der Waals surface area contributed by atoms with Crippen molar-refractivity contribution in [3.05, 3.63) is 224 Å². The summed E-state index contributed by atoms with van der Waals surface area (Å²) in [4.78, 5) is 40.1. The van der Waals surface area contributed by atoms with Crippen molar-refractivity contribution in [1.82, 2.24) is 0 Å². The van der Waals surface area contributed by atoms with Gasteiger partial charge in [-0.05, 0) is 171 Å². The molecule has 0 radical (unpaired) electrons.